The topological polar surface area (TPSA) is 95.9 Å². The van der Waals surface area contributed by atoms with Gasteiger partial charge >= 0.3 is 11.9 Å². The van der Waals surface area contributed by atoms with Gasteiger partial charge < -0.3 is 9.84 Å². The quantitative estimate of drug-likeness (QED) is 0.521. The molecular formula is C26H33ClN2O5. The Morgan fingerprint density at radius 3 is 2.53 bits per heavy atom. The third-order valence-corrected chi connectivity index (χ3v) is 5.87. The number of rotatable bonds is 9. The number of aryl methyl sites for hydroxylation is 2. The highest BCUT2D eigenvalue weighted by molar-refractivity contribution is 6.01. The number of ether oxygens (including phenoxy) is 1. The lowest BCUT2D eigenvalue weighted by Gasteiger charge is -2.29. The average Bonchev–Trinajstić information content (AvgIpc) is 2.87. The van der Waals surface area contributed by atoms with E-state index in [1.165, 1.54) is 4.90 Å². The first kappa shape index (κ1) is 27.3. The summed E-state index contributed by atoms with van der Waals surface area (Å²) in [5, 5.41) is 12.7. The van der Waals surface area contributed by atoms with Gasteiger partial charge in [0.25, 0.3) is 0 Å². The van der Waals surface area contributed by atoms with E-state index in [0.29, 0.717) is 24.9 Å². The number of anilines is 1. The van der Waals surface area contributed by atoms with Crippen LogP contribution >= 0.6 is 12.4 Å². The molecule has 0 fully saturated rings. The Hall–Kier alpha value is -2.90. The summed E-state index contributed by atoms with van der Waals surface area (Å²) in [6.07, 6.45) is 4.07. The number of nitrogens with zero attached hydrogens (tertiary/aromatic N) is 1. The normalized spacial score (nSPS) is 16.8. The highest BCUT2D eigenvalue weighted by Gasteiger charge is 2.32. The number of nitrogens with one attached hydrogen (secondary N) is 1. The summed E-state index contributed by atoms with van der Waals surface area (Å²) in [7, 11) is 0. The van der Waals surface area contributed by atoms with Crippen LogP contribution in [0.5, 0.6) is 0 Å². The van der Waals surface area contributed by atoms with Crippen molar-refractivity contribution in [1.82, 2.24) is 5.32 Å². The second kappa shape index (κ2) is 13.7. The number of carbonyl (C=O) groups is 3. The first-order valence-corrected chi connectivity index (χ1v) is 11.6. The van der Waals surface area contributed by atoms with E-state index in [9.17, 15) is 19.5 Å². The number of halogens is 1. The molecule has 0 radical (unpaired) electrons. The molecule has 2 N–H and O–H groups in total. The lowest BCUT2D eigenvalue weighted by molar-refractivity contribution is -0.146. The number of carboxylic acids is 1. The Labute approximate surface area is 206 Å². The van der Waals surface area contributed by atoms with Gasteiger partial charge in [-0.1, -0.05) is 55.0 Å². The number of hydrogen-bond donors (Lipinski definition) is 2. The first-order chi connectivity index (χ1) is 16.0. The van der Waals surface area contributed by atoms with E-state index < -0.39 is 30.6 Å². The smallest absolute Gasteiger partial charge is 0.323 e. The molecule has 184 valence electrons. The van der Waals surface area contributed by atoms with Crippen molar-refractivity contribution in [3.05, 3.63) is 65.7 Å². The lowest BCUT2D eigenvalue weighted by Crippen LogP contribution is -2.53. The van der Waals surface area contributed by atoms with Gasteiger partial charge in [-0.3, -0.25) is 24.6 Å². The number of aliphatic carboxylic acids is 1. The van der Waals surface area contributed by atoms with E-state index in [0.717, 1.165) is 30.4 Å². The molecule has 34 heavy (non-hydrogen) atoms. The van der Waals surface area contributed by atoms with Crippen molar-refractivity contribution in [2.45, 2.75) is 57.5 Å². The van der Waals surface area contributed by atoms with Gasteiger partial charge in [0.15, 0.2) is 0 Å². The highest BCUT2D eigenvalue weighted by atomic mass is 35.5. The molecule has 0 spiro atoms. The van der Waals surface area contributed by atoms with Crippen molar-refractivity contribution in [3.63, 3.8) is 0 Å². The zero-order valence-corrected chi connectivity index (χ0v) is 20.3. The van der Waals surface area contributed by atoms with Crippen molar-refractivity contribution in [2.75, 3.05) is 18.1 Å². The van der Waals surface area contributed by atoms with Crippen molar-refractivity contribution in [2.24, 2.45) is 0 Å². The molecular weight excluding hydrogens is 456 g/mol. The zero-order chi connectivity index (χ0) is 23.6. The van der Waals surface area contributed by atoms with Gasteiger partial charge in [0.1, 0.15) is 12.6 Å². The third kappa shape index (κ3) is 7.57. The minimum atomic E-state index is -1.08. The van der Waals surface area contributed by atoms with Crippen LogP contribution in [0.3, 0.4) is 0 Å². The average molecular weight is 489 g/mol. The molecule has 0 aliphatic carbocycles. The second-order valence-corrected chi connectivity index (χ2v) is 8.24. The highest BCUT2D eigenvalue weighted by Crippen LogP contribution is 2.26. The largest absolute Gasteiger partial charge is 0.480 e. The fourth-order valence-electron chi connectivity index (χ4n) is 4.24. The fraction of sp³-hybridized carbons (Fsp3) is 0.423. The van der Waals surface area contributed by atoms with Crippen LogP contribution in [0.1, 0.15) is 43.7 Å². The summed E-state index contributed by atoms with van der Waals surface area (Å²) < 4.78 is 5.28. The van der Waals surface area contributed by atoms with Crippen LogP contribution in [-0.4, -0.2) is 48.2 Å². The molecule has 3 rings (SSSR count). The number of carbonyl (C=O) groups excluding carboxylic acids is 2. The molecule has 7 nitrogen and oxygen atoms in total. The first-order valence-electron chi connectivity index (χ1n) is 11.6. The van der Waals surface area contributed by atoms with E-state index in [-0.39, 0.29) is 24.9 Å². The van der Waals surface area contributed by atoms with E-state index >= 15 is 0 Å². The minimum Gasteiger partial charge on any atom is -0.480 e. The van der Waals surface area contributed by atoms with Gasteiger partial charge in [-0.2, -0.15) is 0 Å². The molecule has 0 unspecified atom stereocenters. The van der Waals surface area contributed by atoms with Gasteiger partial charge in [0.05, 0.1) is 12.6 Å². The summed E-state index contributed by atoms with van der Waals surface area (Å²) >= 11 is 0. The Balaban J connectivity index is 0.00000408. The van der Waals surface area contributed by atoms with Gasteiger partial charge in [0, 0.05) is 5.69 Å². The molecule has 1 heterocycles. The van der Waals surface area contributed by atoms with E-state index in [1.807, 2.05) is 48.5 Å². The standard InChI is InChI=1S/C26H32N2O5.ClH/c1-2-33-26(32)22(17-16-19-10-4-3-5-11-19)27-21-14-8-6-12-20-13-7-9-15-23(20)28(25(21)31)18-24(29)30;/h3-5,7,9-11,13,15,21-22,27H,2,6,8,12,14,16-18H2,1H3,(H,29,30);1H/t21-,22+;/m1./s1. The maximum absolute atomic E-state index is 13.6. The van der Waals surface area contributed by atoms with Gasteiger partial charge in [-0.25, -0.2) is 0 Å². The van der Waals surface area contributed by atoms with Crippen LogP contribution < -0.4 is 10.2 Å². The fourth-order valence-corrected chi connectivity index (χ4v) is 4.24. The molecule has 0 saturated heterocycles. The number of benzene rings is 2. The third-order valence-electron chi connectivity index (χ3n) is 5.87. The molecule has 2 aromatic rings. The summed E-state index contributed by atoms with van der Waals surface area (Å²) in [4.78, 5) is 39.2. The predicted molar refractivity (Wildman–Crippen MR) is 133 cm³/mol. The Kier molecular flexibility index (Phi) is 11.0. The molecule has 8 heteroatoms. The number of fused-ring (bicyclic) bond motifs is 1. The summed E-state index contributed by atoms with van der Waals surface area (Å²) in [5.74, 6) is -1.81. The number of hydrogen-bond acceptors (Lipinski definition) is 5. The number of para-hydroxylation sites is 1. The van der Waals surface area contributed by atoms with Crippen LogP contribution in [0, 0.1) is 0 Å². The second-order valence-electron chi connectivity index (χ2n) is 8.24. The van der Waals surface area contributed by atoms with Crippen LogP contribution in [0.2, 0.25) is 0 Å². The molecule has 0 bridgehead atoms. The molecule has 0 saturated carbocycles. The van der Waals surface area contributed by atoms with Crippen LogP contribution in [0.4, 0.5) is 5.69 Å². The maximum atomic E-state index is 13.6. The monoisotopic (exact) mass is 488 g/mol. The maximum Gasteiger partial charge on any atom is 0.323 e. The lowest BCUT2D eigenvalue weighted by atomic mass is 10.0. The molecule has 1 aliphatic rings. The van der Waals surface area contributed by atoms with Crippen molar-refractivity contribution in [1.29, 1.82) is 0 Å². The number of carboxylic acid groups (broad SMARTS) is 1. The minimum absolute atomic E-state index is 0. The molecule has 1 amide bonds. The van der Waals surface area contributed by atoms with E-state index in [2.05, 4.69) is 5.32 Å². The molecule has 1 aliphatic heterocycles. The molecule has 0 aromatic heterocycles. The Morgan fingerprint density at radius 1 is 1.12 bits per heavy atom. The SMILES string of the molecule is CCOC(=O)[C@H](CCc1ccccc1)N[C@@H]1CCCCc2ccccc2N(CC(=O)O)C1=O.Cl. The van der Waals surface area contributed by atoms with E-state index in [1.54, 1.807) is 13.0 Å². The van der Waals surface area contributed by atoms with Gasteiger partial charge in [-0.15, -0.1) is 12.4 Å². The summed E-state index contributed by atoms with van der Waals surface area (Å²) in [6, 6.07) is 15.9. The van der Waals surface area contributed by atoms with Gasteiger partial charge in [0.2, 0.25) is 5.91 Å². The van der Waals surface area contributed by atoms with Crippen LogP contribution in [-0.2, 0) is 32.0 Å². The number of amides is 1. The van der Waals surface area contributed by atoms with Crippen LogP contribution in [0.25, 0.3) is 0 Å². The van der Waals surface area contributed by atoms with Crippen LogP contribution in [0.15, 0.2) is 54.6 Å². The van der Waals surface area contributed by atoms with Gasteiger partial charge in [-0.05, 0) is 56.2 Å². The summed E-state index contributed by atoms with van der Waals surface area (Å²) in [6.45, 7) is 1.57. The number of esters is 1. The zero-order valence-electron chi connectivity index (χ0n) is 19.4. The summed E-state index contributed by atoms with van der Waals surface area (Å²) in [5.41, 5.74) is 2.67. The van der Waals surface area contributed by atoms with E-state index in [4.69, 9.17) is 4.74 Å². The Bertz CT molecular complexity index is 953. The van der Waals surface area contributed by atoms with Crippen molar-refractivity contribution < 1.29 is 24.2 Å². The molecule has 2 atom stereocenters. The molecule has 2 aromatic carbocycles. The predicted octanol–water partition coefficient (Wildman–Crippen LogP) is 3.78. The Morgan fingerprint density at radius 2 is 1.82 bits per heavy atom. The van der Waals surface area contributed by atoms with Crippen molar-refractivity contribution >= 4 is 35.9 Å². The van der Waals surface area contributed by atoms with Crippen molar-refractivity contribution in [3.8, 4) is 0 Å².